The van der Waals surface area contributed by atoms with E-state index >= 15 is 0 Å². The van der Waals surface area contributed by atoms with Gasteiger partial charge >= 0.3 is 0 Å². The molecular weight excluding hydrogens is 203 g/mol. The molecule has 0 aromatic heterocycles. The molecule has 0 aliphatic heterocycles. The van der Waals surface area contributed by atoms with Gasteiger partial charge in [-0.25, -0.2) is 13.2 Å². The highest BCUT2D eigenvalue weighted by molar-refractivity contribution is 5.30. The van der Waals surface area contributed by atoms with E-state index in [1.165, 1.54) is 12.2 Å². The number of rotatable bonds is 1. The van der Waals surface area contributed by atoms with Crippen LogP contribution in [0.1, 0.15) is 6.42 Å². The summed E-state index contributed by atoms with van der Waals surface area (Å²) < 4.78 is 63.9. The third kappa shape index (κ3) is 0.980. The van der Waals surface area contributed by atoms with Crippen LogP contribution < -0.4 is 0 Å². The van der Waals surface area contributed by atoms with E-state index in [9.17, 15) is 22.0 Å². The first-order chi connectivity index (χ1) is 6.38. The summed E-state index contributed by atoms with van der Waals surface area (Å²) in [6.45, 7) is 0. The van der Waals surface area contributed by atoms with Gasteiger partial charge in [0.25, 0.3) is 12.0 Å². The minimum absolute atomic E-state index is 0.0900. The first-order valence-electron chi connectivity index (χ1n) is 4.17. The summed E-state index contributed by atoms with van der Waals surface area (Å²) in [6.07, 6.45) is -0.282. The molecule has 3 unspecified atom stereocenters. The molecule has 0 heterocycles. The lowest BCUT2D eigenvalue weighted by Crippen LogP contribution is -2.46. The van der Waals surface area contributed by atoms with Gasteiger partial charge in [-0.05, 0) is 6.42 Å². The monoisotopic (exact) mass is 210 g/mol. The Morgan fingerprint density at radius 1 is 1.14 bits per heavy atom. The predicted octanol–water partition coefficient (Wildman–Crippen LogP) is 3.32. The van der Waals surface area contributed by atoms with Gasteiger partial charge in [-0.15, -0.1) is 0 Å². The molecule has 0 saturated heterocycles. The van der Waals surface area contributed by atoms with Crippen LogP contribution in [0, 0.1) is 11.8 Å². The number of hydrogen-bond acceptors (Lipinski definition) is 0. The lowest BCUT2D eigenvalue weighted by atomic mass is 9.87. The largest absolute Gasteiger partial charge is 0.291 e. The maximum absolute atomic E-state index is 13.7. The Kier molecular flexibility index (Phi) is 1.78. The van der Waals surface area contributed by atoms with Crippen molar-refractivity contribution in [2.45, 2.75) is 18.0 Å². The summed E-state index contributed by atoms with van der Waals surface area (Å²) in [6, 6.07) is 0. The molecule has 0 radical (unpaired) electrons. The number of fused-ring (bicyclic) bond motifs is 2. The standard InChI is InChI=1S/C9H7F5/c10-7(11)4-8(12)5-1-2-6(3-5)9(8,13)14/h1-2,4-6H,3H2. The normalized spacial score (nSPS) is 42.9. The van der Waals surface area contributed by atoms with E-state index in [0.717, 1.165) is 0 Å². The van der Waals surface area contributed by atoms with Crippen molar-refractivity contribution in [1.82, 2.24) is 0 Å². The minimum Gasteiger partial charge on any atom is -0.232 e. The molecule has 78 valence electrons. The molecule has 2 aliphatic rings. The van der Waals surface area contributed by atoms with Crippen LogP contribution >= 0.6 is 0 Å². The Balaban J connectivity index is 2.45. The molecule has 5 heteroatoms. The van der Waals surface area contributed by atoms with Gasteiger partial charge in [-0.2, -0.15) is 8.78 Å². The summed E-state index contributed by atoms with van der Waals surface area (Å²) in [5.41, 5.74) is -3.20. The van der Waals surface area contributed by atoms with Crippen molar-refractivity contribution in [1.29, 1.82) is 0 Å². The van der Waals surface area contributed by atoms with Gasteiger partial charge < -0.3 is 0 Å². The van der Waals surface area contributed by atoms with Crippen molar-refractivity contribution in [3.05, 3.63) is 24.3 Å². The Labute approximate surface area is 77.1 Å². The lowest BCUT2D eigenvalue weighted by Gasteiger charge is -2.31. The first kappa shape index (κ1) is 9.68. The molecule has 3 atom stereocenters. The highest BCUT2D eigenvalue weighted by Gasteiger charge is 2.69. The second-order valence-electron chi connectivity index (χ2n) is 3.66. The maximum Gasteiger partial charge on any atom is 0.291 e. The van der Waals surface area contributed by atoms with Crippen LogP contribution in [-0.4, -0.2) is 11.6 Å². The maximum atomic E-state index is 13.7. The highest BCUT2D eigenvalue weighted by Crippen LogP contribution is 2.59. The van der Waals surface area contributed by atoms with Gasteiger partial charge in [0.2, 0.25) is 5.67 Å². The fourth-order valence-corrected chi connectivity index (χ4v) is 2.17. The van der Waals surface area contributed by atoms with E-state index in [4.69, 9.17) is 0 Å². The van der Waals surface area contributed by atoms with E-state index in [-0.39, 0.29) is 12.5 Å². The number of alkyl halides is 3. The smallest absolute Gasteiger partial charge is 0.232 e. The average molecular weight is 210 g/mol. The van der Waals surface area contributed by atoms with Crippen molar-refractivity contribution in [2.75, 3.05) is 0 Å². The molecule has 0 amide bonds. The second-order valence-corrected chi connectivity index (χ2v) is 3.66. The van der Waals surface area contributed by atoms with Crippen LogP contribution in [0.3, 0.4) is 0 Å². The summed E-state index contributed by atoms with van der Waals surface area (Å²) in [4.78, 5) is 0. The Hall–Kier alpha value is -0.870. The van der Waals surface area contributed by atoms with E-state index in [1.54, 1.807) is 0 Å². The minimum atomic E-state index is -3.71. The zero-order valence-corrected chi connectivity index (χ0v) is 6.98. The van der Waals surface area contributed by atoms with Gasteiger partial charge in [-0.3, -0.25) is 0 Å². The van der Waals surface area contributed by atoms with Gasteiger partial charge in [0.15, 0.2) is 0 Å². The fourth-order valence-electron chi connectivity index (χ4n) is 2.17. The highest BCUT2D eigenvalue weighted by atomic mass is 19.3. The molecule has 0 N–H and O–H groups in total. The number of hydrogen-bond donors (Lipinski definition) is 0. The van der Waals surface area contributed by atoms with Crippen LogP contribution in [0.25, 0.3) is 0 Å². The molecule has 0 aromatic rings. The third-order valence-electron chi connectivity index (χ3n) is 2.92. The van der Waals surface area contributed by atoms with Crippen molar-refractivity contribution in [3.8, 4) is 0 Å². The van der Waals surface area contributed by atoms with E-state index in [0.29, 0.717) is 0 Å². The first-order valence-corrected chi connectivity index (χ1v) is 4.17. The molecule has 0 nitrogen and oxygen atoms in total. The van der Waals surface area contributed by atoms with Gasteiger partial charge in [0.1, 0.15) is 0 Å². The molecular formula is C9H7F5. The Morgan fingerprint density at radius 2 is 1.71 bits per heavy atom. The average Bonchev–Trinajstić information content (AvgIpc) is 2.54. The van der Waals surface area contributed by atoms with Crippen LogP contribution in [0.5, 0.6) is 0 Å². The summed E-state index contributed by atoms with van der Waals surface area (Å²) in [5, 5.41) is 0. The van der Waals surface area contributed by atoms with Crippen LogP contribution in [0.2, 0.25) is 0 Å². The second kappa shape index (κ2) is 2.58. The van der Waals surface area contributed by atoms with Crippen LogP contribution in [-0.2, 0) is 0 Å². The summed E-state index contributed by atoms with van der Waals surface area (Å²) in [7, 11) is 0. The molecule has 2 bridgehead atoms. The lowest BCUT2D eigenvalue weighted by molar-refractivity contribution is -0.122. The van der Waals surface area contributed by atoms with Gasteiger partial charge in [-0.1, -0.05) is 12.2 Å². The Morgan fingerprint density at radius 3 is 2.14 bits per heavy atom. The topological polar surface area (TPSA) is 0 Å². The summed E-state index contributed by atoms with van der Waals surface area (Å²) in [5.74, 6) is -6.08. The van der Waals surface area contributed by atoms with Crippen molar-refractivity contribution < 1.29 is 22.0 Å². The molecule has 1 fully saturated rings. The van der Waals surface area contributed by atoms with Crippen molar-refractivity contribution in [2.24, 2.45) is 11.8 Å². The summed E-state index contributed by atoms with van der Waals surface area (Å²) >= 11 is 0. The third-order valence-corrected chi connectivity index (χ3v) is 2.92. The molecule has 2 rings (SSSR count). The fraction of sp³-hybridized carbons (Fsp3) is 0.556. The quantitative estimate of drug-likeness (QED) is 0.460. The zero-order chi connectivity index (χ0) is 10.6. The predicted molar refractivity (Wildman–Crippen MR) is 39.8 cm³/mol. The number of allylic oxidation sites excluding steroid dienone is 3. The molecule has 1 saturated carbocycles. The zero-order valence-electron chi connectivity index (χ0n) is 6.98. The van der Waals surface area contributed by atoms with E-state index in [1.807, 2.05) is 0 Å². The van der Waals surface area contributed by atoms with Gasteiger partial charge in [0.05, 0.1) is 0 Å². The SMILES string of the molecule is FC(F)=CC1(F)C2C=CC(C2)C1(F)F. The molecule has 0 aromatic carbocycles. The van der Waals surface area contributed by atoms with Crippen LogP contribution in [0.15, 0.2) is 24.3 Å². The van der Waals surface area contributed by atoms with Crippen molar-refractivity contribution in [3.63, 3.8) is 0 Å². The molecule has 14 heavy (non-hydrogen) atoms. The molecule has 0 spiro atoms. The Bertz CT molecular complexity index is 315. The van der Waals surface area contributed by atoms with E-state index < -0.39 is 29.5 Å². The number of halogens is 5. The van der Waals surface area contributed by atoms with Crippen molar-refractivity contribution >= 4 is 0 Å². The molecule has 2 aliphatic carbocycles. The van der Waals surface area contributed by atoms with Crippen LogP contribution in [0.4, 0.5) is 22.0 Å². The van der Waals surface area contributed by atoms with E-state index in [2.05, 4.69) is 0 Å². The van der Waals surface area contributed by atoms with Gasteiger partial charge in [0, 0.05) is 17.9 Å².